The molecule has 0 bridgehead atoms. The van der Waals surface area contributed by atoms with Crippen molar-refractivity contribution >= 4 is 6.08 Å². The first-order valence-corrected chi connectivity index (χ1v) is 9.78. The molecular formula is C23H28N2O. The predicted molar refractivity (Wildman–Crippen MR) is 107 cm³/mol. The minimum atomic E-state index is 0.485. The maximum absolute atomic E-state index is 10.3. The Morgan fingerprint density at radius 3 is 2.35 bits per heavy atom. The van der Waals surface area contributed by atoms with Crippen molar-refractivity contribution in [3.63, 3.8) is 0 Å². The lowest BCUT2D eigenvalue weighted by Gasteiger charge is -2.34. The van der Waals surface area contributed by atoms with Gasteiger partial charge in [0.2, 0.25) is 0 Å². The molecule has 1 fully saturated rings. The standard InChI is InChI=1S/C23H28N2O/c26-23-17-21-10-4-9-20(21)16-22(23)18-25-14-12-24(13-15-25)11-5-8-19-6-2-1-3-7-19/h1-3,5-8,16-17,26H,4,9-15,18H2/b8-5+. The smallest absolute Gasteiger partial charge is 0.120 e. The summed E-state index contributed by atoms with van der Waals surface area (Å²) in [6.07, 6.45) is 7.99. The van der Waals surface area contributed by atoms with Crippen LogP contribution in [0.2, 0.25) is 0 Å². The third kappa shape index (κ3) is 4.17. The number of aryl methyl sites for hydroxylation is 2. The first-order valence-electron chi connectivity index (χ1n) is 9.78. The molecule has 0 unspecified atom stereocenters. The van der Waals surface area contributed by atoms with Gasteiger partial charge in [0.25, 0.3) is 0 Å². The van der Waals surface area contributed by atoms with Gasteiger partial charge in [-0.3, -0.25) is 9.80 Å². The summed E-state index contributed by atoms with van der Waals surface area (Å²) in [7, 11) is 0. The number of piperazine rings is 1. The molecule has 1 aliphatic heterocycles. The van der Waals surface area contributed by atoms with E-state index >= 15 is 0 Å². The molecule has 0 amide bonds. The van der Waals surface area contributed by atoms with Gasteiger partial charge in [0, 0.05) is 44.8 Å². The molecule has 136 valence electrons. The third-order valence-corrected chi connectivity index (χ3v) is 5.63. The van der Waals surface area contributed by atoms with Gasteiger partial charge in [0.15, 0.2) is 0 Å². The highest BCUT2D eigenvalue weighted by Gasteiger charge is 2.19. The second-order valence-electron chi connectivity index (χ2n) is 7.49. The van der Waals surface area contributed by atoms with Gasteiger partial charge >= 0.3 is 0 Å². The van der Waals surface area contributed by atoms with Crippen LogP contribution in [0, 0.1) is 0 Å². The maximum Gasteiger partial charge on any atom is 0.120 e. The Balaban J connectivity index is 1.27. The molecule has 0 saturated carbocycles. The van der Waals surface area contributed by atoms with Crippen molar-refractivity contribution in [3.05, 3.63) is 70.8 Å². The molecule has 0 atom stereocenters. The third-order valence-electron chi connectivity index (χ3n) is 5.63. The van der Waals surface area contributed by atoms with Crippen molar-refractivity contribution in [3.8, 4) is 5.75 Å². The fourth-order valence-electron chi connectivity index (χ4n) is 4.06. The largest absolute Gasteiger partial charge is 0.508 e. The van der Waals surface area contributed by atoms with Crippen molar-refractivity contribution in [2.45, 2.75) is 25.8 Å². The molecule has 2 aliphatic rings. The quantitative estimate of drug-likeness (QED) is 0.892. The van der Waals surface area contributed by atoms with Gasteiger partial charge < -0.3 is 5.11 Å². The molecule has 2 aromatic rings. The van der Waals surface area contributed by atoms with E-state index in [1.54, 1.807) is 0 Å². The summed E-state index contributed by atoms with van der Waals surface area (Å²) in [6, 6.07) is 14.7. The van der Waals surface area contributed by atoms with Crippen molar-refractivity contribution in [1.29, 1.82) is 0 Å². The van der Waals surface area contributed by atoms with Crippen LogP contribution in [0.1, 0.15) is 28.7 Å². The van der Waals surface area contributed by atoms with E-state index in [-0.39, 0.29) is 0 Å². The van der Waals surface area contributed by atoms with Crippen molar-refractivity contribution < 1.29 is 5.11 Å². The van der Waals surface area contributed by atoms with Gasteiger partial charge in [-0.15, -0.1) is 0 Å². The minimum absolute atomic E-state index is 0.485. The number of phenols is 1. The fraction of sp³-hybridized carbons (Fsp3) is 0.391. The van der Waals surface area contributed by atoms with Gasteiger partial charge in [0.1, 0.15) is 5.75 Å². The van der Waals surface area contributed by atoms with E-state index in [2.05, 4.69) is 58.4 Å². The number of nitrogens with zero attached hydrogens (tertiary/aromatic N) is 2. The van der Waals surface area contributed by atoms with Crippen LogP contribution in [0.5, 0.6) is 5.75 Å². The number of aromatic hydroxyl groups is 1. The van der Waals surface area contributed by atoms with E-state index in [4.69, 9.17) is 0 Å². The summed E-state index contributed by atoms with van der Waals surface area (Å²) in [5.41, 5.74) is 5.16. The Kier molecular flexibility index (Phi) is 5.37. The fourth-order valence-corrected chi connectivity index (χ4v) is 4.06. The van der Waals surface area contributed by atoms with Gasteiger partial charge in [-0.1, -0.05) is 48.6 Å². The molecular weight excluding hydrogens is 320 g/mol. The molecule has 26 heavy (non-hydrogen) atoms. The lowest BCUT2D eigenvalue weighted by molar-refractivity contribution is 0.136. The first-order chi connectivity index (χ1) is 12.8. The Bertz CT molecular complexity index is 761. The molecule has 0 radical (unpaired) electrons. The predicted octanol–water partition coefficient (Wildman–Crippen LogP) is 3.71. The SMILES string of the molecule is Oc1cc2c(cc1CN1CCN(C/C=C/c3ccccc3)CC1)CCC2. The van der Waals surface area contributed by atoms with Crippen LogP contribution in [-0.2, 0) is 19.4 Å². The highest BCUT2D eigenvalue weighted by atomic mass is 16.3. The summed E-state index contributed by atoms with van der Waals surface area (Å²) >= 11 is 0. The Hall–Kier alpha value is -2.10. The summed E-state index contributed by atoms with van der Waals surface area (Å²) in [6.45, 7) is 6.18. The number of benzene rings is 2. The molecule has 3 nitrogen and oxygen atoms in total. The number of fused-ring (bicyclic) bond motifs is 1. The minimum Gasteiger partial charge on any atom is -0.508 e. The van der Waals surface area contributed by atoms with Crippen LogP contribution in [0.15, 0.2) is 48.5 Å². The highest BCUT2D eigenvalue weighted by molar-refractivity contribution is 5.48. The second-order valence-corrected chi connectivity index (χ2v) is 7.49. The summed E-state index contributed by atoms with van der Waals surface area (Å²) < 4.78 is 0. The summed E-state index contributed by atoms with van der Waals surface area (Å²) in [5, 5.41) is 10.3. The van der Waals surface area contributed by atoms with E-state index in [1.807, 2.05) is 6.07 Å². The lowest BCUT2D eigenvalue weighted by atomic mass is 10.0. The van der Waals surface area contributed by atoms with Crippen molar-refractivity contribution in [1.82, 2.24) is 9.80 Å². The van der Waals surface area contributed by atoms with Gasteiger partial charge in [-0.05, 0) is 42.0 Å². The molecule has 0 aromatic heterocycles. The molecule has 2 aromatic carbocycles. The van der Waals surface area contributed by atoms with Gasteiger partial charge in [-0.2, -0.15) is 0 Å². The lowest BCUT2D eigenvalue weighted by Crippen LogP contribution is -2.45. The van der Waals surface area contributed by atoms with Gasteiger partial charge in [0.05, 0.1) is 0 Å². The number of hydrogen-bond donors (Lipinski definition) is 1. The number of phenolic OH excluding ortho intramolecular Hbond substituents is 1. The Labute approximate surface area is 156 Å². The van der Waals surface area contributed by atoms with Crippen LogP contribution in [-0.4, -0.2) is 47.6 Å². The zero-order valence-corrected chi connectivity index (χ0v) is 15.4. The van der Waals surface area contributed by atoms with E-state index in [0.29, 0.717) is 5.75 Å². The average molecular weight is 348 g/mol. The Morgan fingerprint density at radius 2 is 1.58 bits per heavy atom. The molecule has 0 spiro atoms. The molecule has 1 N–H and O–H groups in total. The zero-order valence-electron chi connectivity index (χ0n) is 15.4. The normalized spacial score (nSPS) is 18.5. The first kappa shape index (κ1) is 17.3. The molecule has 1 saturated heterocycles. The second kappa shape index (κ2) is 8.07. The summed E-state index contributed by atoms with van der Waals surface area (Å²) in [5.74, 6) is 0.485. The van der Waals surface area contributed by atoms with E-state index in [9.17, 15) is 5.11 Å². The Morgan fingerprint density at radius 1 is 0.885 bits per heavy atom. The molecule has 1 aliphatic carbocycles. The monoisotopic (exact) mass is 348 g/mol. The van der Waals surface area contributed by atoms with Crippen LogP contribution >= 0.6 is 0 Å². The van der Waals surface area contributed by atoms with Crippen molar-refractivity contribution in [2.75, 3.05) is 32.7 Å². The van der Waals surface area contributed by atoms with Crippen LogP contribution in [0.4, 0.5) is 0 Å². The van der Waals surface area contributed by atoms with Crippen LogP contribution in [0.25, 0.3) is 6.08 Å². The maximum atomic E-state index is 10.3. The average Bonchev–Trinajstić information content (AvgIpc) is 3.11. The van der Waals surface area contributed by atoms with Crippen LogP contribution in [0.3, 0.4) is 0 Å². The molecule has 4 rings (SSSR count). The van der Waals surface area contributed by atoms with Gasteiger partial charge in [-0.25, -0.2) is 0 Å². The topological polar surface area (TPSA) is 26.7 Å². The van der Waals surface area contributed by atoms with E-state index < -0.39 is 0 Å². The molecule has 1 heterocycles. The summed E-state index contributed by atoms with van der Waals surface area (Å²) in [4.78, 5) is 4.96. The number of rotatable bonds is 5. The zero-order chi connectivity index (χ0) is 17.8. The number of hydrogen-bond acceptors (Lipinski definition) is 3. The van der Waals surface area contributed by atoms with Crippen molar-refractivity contribution in [2.24, 2.45) is 0 Å². The van der Waals surface area contributed by atoms with E-state index in [0.717, 1.165) is 51.3 Å². The van der Waals surface area contributed by atoms with Crippen LogP contribution < -0.4 is 0 Å². The van der Waals surface area contributed by atoms with E-state index in [1.165, 1.54) is 29.5 Å². The molecule has 3 heteroatoms. The highest BCUT2D eigenvalue weighted by Crippen LogP contribution is 2.30.